The second-order valence-corrected chi connectivity index (χ2v) is 10.7. The number of aromatic nitrogens is 3. The number of para-hydroxylation sites is 2. The van der Waals surface area contributed by atoms with E-state index in [2.05, 4.69) is 110 Å². The van der Waals surface area contributed by atoms with Gasteiger partial charge in [0.1, 0.15) is 11.6 Å². The Morgan fingerprint density at radius 3 is 2.00 bits per heavy atom. The van der Waals surface area contributed by atoms with Gasteiger partial charge in [0.25, 0.3) is 6.85 Å². The monoisotopic (exact) mass is 732 g/mol. The van der Waals surface area contributed by atoms with Crippen molar-refractivity contribution in [2.45, 2.75) is 0 Å². The van der Waals surface area contributed by atoms with Crippen molar-refractivity contribution in [1.29, 1.82) is 0 Å². The molecule has 208 valence electrons. The van der Waals surface area contributed by atoms with Crippen LogP contribution >= 0.6 is 0 Å². The molecule has 0 atom stereocenters. The first kappa shape index (κ1) is 25.9. The SMILES string of the molecule is CN1[CH-]N(c2[c-]c3c(cc2)-c2ccccc2N2B3c3[c-]c(-c4ccccn4)ccc3-c3ccccc32)c2nccnc21.[Pt]. The number of hydrogen-bond acceptors (Lipinski definition) is 6. The van der Waals surface area contributed by atoms with E-state index in [1.54, 1.807) is 12.4 Å². The molecular weight excluding hydrogens is 710 g/mol. The summed E-state index contributed by atoms with van der Waals surface area (Å²) in [5, 5.41) is 0. The summed E-state index contributed by atoms with van der Waals surface area (Å²) in [6, 6.07) is 39.7. The molecule has 3 aliphatic rings. The quantitative estimate of drug-likeness (QED) is 0.167. The molecule has 6 nitrogen and oxygen atoms in total. The fourth-order valence-corrected chi connectivity index (χ4v) is 6.56. The van der Waals surface area contributed by atoms with Crippen LogP contribution in [-0.4, -0.2) is 28.8 Å². The number of anilines is 5. The predicted octanol–water partition coefficient (Wildman–Crippen LogP) is 5.75. The normalized spacial score (nSPS) is 13.7. The zero-order chi connectivity index (χ0) is 27.8. The molecule has 4 aromatic carbocycles. The van der Waals surface area contributed by atoms with Gasteiger partial charge in [-0.15, -0.1) is 58.8 Å². The zero-order valence-electron chi connectivity index (χ0n) is 23.0. The molecule has 0 unspecified atom stereocenters. The van der Waals surface area contributed by atoms with Crippen molar-refractivity contribution in [2.75, 3.05) is 21.7 Å². The molecule has 0 saturated heterocycles. The van der Waals surface area contributed by atoms with Gasteiger partial charge >= 0.3 is 0 Å². The Kier molecular flexibility index (Phi) is 5.99. The van der Waals surface area contributed by atoms with Crippen molar-refractivity contribution in [2.24, 2.45) is 0 Å². The molecule has 8 heteroatoms. The van der Waals surface area contributed by atoms with Crippen LogP contribution in [0.2, 0.25) is 0 Å². The Bertz CT molecular complexity index is 2030. The fraction of sp³-hybridized carbons (Fsp3) is 0.0286. The summed E-state index contributed by atoms with van der Waals surface area (Å²) in [4.78, 5) is 20.4. The van der Waals surface area contributed by atoms with Gasteiger partial charge in [-0.25, -0.2) is 9.97 Å². The first-order chi connectivity index (χ1) is 20.8. The molecule has 43 heavy (non-hydrogen) atoms. The van der Waals surface area contributed by atoms with E-state index in [1.807, 2.05) is 43.0 Å². The minimum absolute atomic E-state index is 0. The van der Waals surface area contributed by atoms with Crippen LogP contribution in [0.15, 0.2) is 110 Å². The second kappa shape index (κ2) is 9.93. The number of fused-ring (bicyclic) bond motifs is 12. The van der Waals surface area contributed by atoms with E-state index in [1.165, 1.54) is 33.6 Å². The van der Waals surface area contributed by atoms with E-state index in [0.29, 0.717) is 0 Å². The van der Waals surface area contributed by atoms with Crippen LogP contribution in [0.1, 0.15) is 0 Å². The van der Waals surface area contributed by atoms with Gasteiger partial charge in [-0.05, 0) is 36.5 Å². The summed E-state index contributed by atoms with van der Waals surface area (Å²) in [5.41, 5.74) is 12.1. The standard InChI is InChI=1S/C35H22BN6.Pt/c1-40-22-41(35-34(40)38-18-19-39-35)24-14-16-26-28-9-3-5-12-33(28)42-32-11-4-2-8-27(32)25-15-13-23(31-10-6-7-17-37-31)20-29(25)36(42)30(26)21-24;/h2-19,22H,1H3;/q-3;. The van der Waals surface area contributed by atoms with Crippen molar-refractivity contribution >= 4 is 46.5 Å². The largest absolute Gasteiger partial charge is 0.487 e. The smallest absolute Gasteiger partial charge is 0.285 e. The minimum Gasteiger partial charge on any atom is -0.487 e. The van der Waals surface area contributed by atoms with Crippen LogP contribution in [0.4, 0.5) is 28.7 Å². The Labute approximate surface area is 265 Å². The molecule has 0 bridgehead atoms. The summed E-state index contributed by atoms with van der Waals surface area (Å²) >= 11 is 0. The molecular formula is C35H22BN6Pt-3. The minimum atomic E-state index is -0.134. The number of nitrogens with zero attached hydrogens (tertiary/aromatic N) is 6. The summed E-state index contributed by atoms with van der Waals surface area (Å²) < 4.78 is 0. The molecule has 0 radical (unpaired) electrons. The van der Waals surface area contributed by atoms with E-state index in [9.17, 15) is 0 Å². The zero-order valence-corrected chi connectivity index (χ0v) is 25.3. The Hall–Kier alpha value is -4.74. The number of hydrogen-bond donors (Lipinski definition) is 0. The average molecular weight is 732 g/mol. The maximum Gasteiger partial charge on any atom is 0.285 e. The fourth-order valence-electron chi connectivity index (χ4n) is 6.56. The van der Waals surface area contributed by atoms with Crippen LogP contribution in [0.25, 0.3) is 33.5 Å². The summed E-state index contributed by atoms with van der Waals surface area (Å²) in [6.45, 7) is 1.89. The first-order valence-corrected chi connectivity index (χ1v) is 14.0. The van der Waals surface area contributed by atoms with Crippen LogP contribution in [0.5, 0.6) is 0 Å². The molecule has 0 N–H and O–H groups in total. The van der Waals surface area contributed by atoms with Crippen molar-refractivity contribution in [3.05, 3.63) is 128 Å². The number of rotatable bonds is 2. The van der Waals surface area contributed by atoms with E-state index < -0.39 is 0 Å². The Morgan fingerprint density at radius 2 is 1.28 bits per heavy atom. The maximum atomic E-state index is 4.65. The molecule has 0 spiro atoms. The van der Waals surface area contributed by atoms with E-state index in [-0.39, 0.29) is 27.9 Å². The molecule has 3 aliphatic heterocycles. The van der Waals surface area contributed by atoms with Crippen LogP contribution in [0, 0.1) is 18.8 Å². The molecule has 0 fully saturated rings. The first-order valence-electron chi connectivity index (χ1n) is 14.0. The van der Waals surface area contributed by atoms with Crippen molar-refractivity contribution in [1.82, 2.24) is 15.0 Å². The van der Waals surface area contributed by atoms with Gasteiger partial charge in [0, 0.05) is 51.0 Å². The Balaban J connectivity index is 0.00000278. The van der Waals surface area contributed by atoms with E-state index in [4.69, 9.17) is 0 Å². The molecule has 6 aromatic rings. The predicted molar refractivity (Wildman–Crippen MR) is 169 cm³/mol. The van der Waals surface area contributed by atoms with Crippen LogP contribution < -0.4 is 25.5 Å². The van der Waals surface area contributed by atoms with Gasteiger partial charge in [0.15, 0.2) is 0 Å². The molecule has 0 saturated carbocycles. The summed E-state index contributed by atoms with van der Waals surface area (Å²) in [5.74, 6) is 1.61. The third-order valence-corrected chi connectivity index (χ3v) is 8.36. The van der Waals surface area contributed by atoms with E-state index in [0.717, 1.165) is 39.5 Å². The molecule has 5 heterocycles. The number of benzene rings is 4. The average Bonchev–Trinajstić information content (AvgIpc) is 3.40. The third-order valence-electron chi connectivity index (χ3n) is 8.36. The topological polar surface area (TPSA) is 48.4 Å². The number of pyridine rings is 1. The van der Waals surface area contributed by atoms with Gasteiger partial charge in [0.2, 0.25) is 0 Å². The van der Waals surface area contributed by atoms with Crippen molar-refractivity contribution in [3.63, 3.8) is 0 Å². The van der Waals surface area contributed by atoms with Gasteiger partial charge in [-0.2, -0.15) is 17.6 Å². The van der Waals surface area contributed by atoms with Gasteiger partial charge in [-0.1, -0.05) is 54.1 Å². The molecule has 2 aromatic heterocycles. The maximum absolute atomic E-state index is 4.65. The van der Waals surface area contributed by atoms with Crippen molar-refractivity contribution < 1.29 is 21.1 Å². The third kappa shape index (κ3) is 3.81. The summed E-state index contributed by atoms with van der Waals surface area (Å²) in [7, 11) is 1.99. The molecule has 0 amide bonds. The van der Waals surface area contributed by atoms with Gasteiger partial charge in [0.05, 0.1) is 0 Å². The van der Waals surface area contributed by atoms with Crippen LogP contribution in [0.3, 0.4) is 0 Å². The van der Waals surface area contributed by atoms with Gasteiger partial charge in [-0.3, -0.25) is 0 Å². The second-order valence-electron chi connectivity index (χ2n) is 10.7. The Morgan fingerprint density at radius 1 is 0.628 bits per heavy atom. The molecule has 0 aliphatic carbocycles. The van der Waals surface area contributed by atoms with Crippen molar-refractivity contribution in [3.8, 4) is 33.5 Å². The van der Waals surface area contributed by atoms with Gasteiger partial charge < -0.3 is 19.6 Å². The van der Waals surface area contributed by atoms with E-state index >= 15 is 0 Å². The van der Waals surface area contributed by atoms with Crippen LogP contribution in [-0.2, 0) is 21.1 Å². The molecule has 9 rings (SSSR count). The summed E-state index contributed by atoms with van der Waals surface area (Å²) in [6.07, 6.45) is 5.29.